The van der Waals surface area contributed by atoms with Gasteiger partial charge in [-0.15, -0.1) is 0 Å². The number of ether oxygens (including phenoxy) is 1. The van der Waals surface area contributed by atoms with Gasteiger partial charge < -0.3 is 20.3 Å². The van der Waals surface area contributed by atoms with Crippen molar-refractivity contribution in [3.05, 3.63) is 36.5 Å². The van der Waals surface area contributed by atoms with Crippen molar-refractivity contribution < 1.29 is 24.5 Å². The molecule has 3 N–H and O–H groups in total. The van der Waals surface area contributed by atoms with Crippen LogP contribution in [0, 0.1) is 0 Å². The number of nitrogens with one attached hydrogen (secondary N) is 1. The lowest BCUT2D eigenvalue weighted by molar-refractivity contribution is -0.143. The van der Waals surface area contributed by atoms with Crippen LogP contribution >= 0.6 is 0 Å². The van der Waals surface area contributed by atoms with Crippen LogP contribution < -0.4 is 5.32 Å². The van der Waals surface area contributed by atoms with E-state index in [0.29, 0.717) is 25.9 Å². The lowest BCUT2D eigenvalue weighted by Gasteiger charge is -2.22. The summed E-state index contributed by atoms with van der Waals surface area (Å²) in [6.45, 7) is 4.90. The Labute approximate surface area is 398 Å². The smallest absolute Gasteiger partial charge is 0.305 e. The Balaban J connectivity index is 3.45. The van der Waals surface area contributed by atoms with Gasteiger partial charge in [-0.2, -0.15) is 0 Å². The summed E-state index contributed by atoms with van der Waals surface area (Å²) in [6.07, 6.45) is 65.5. The van der Waals surface area contributed by atoms with Gasteiger partial charge in [-0.3, -0.25) is 9.59 Å². The SMILES string of the molecule is CCCCC/C=C\C/C=C\CCCCCCCCCC(=O)OCCCCCCCC/C=C\CCCCCCCCCC(=O)NC(CO)C(O)CCCCCCCCCCCCCCC. The number of esters is 1. The molecule has 6 heteroatoms. The van der Waals surface area contributed by atoms with Crippen molar-refractivity contribution in [1.82, 2.24) is 5.32 Å². The molecule has 0 aliphatic carbocycles. The van der Waals surface area contributed by atoms with E-state index in [-0.39, 0.29) is 18.5 Å². The highest BCUT2D eigenvalue weighted by atomic mass is 16.5. The van der Waals surface area contributed by atoms with Crippen LogP contribution in [0.4, 0.5) is 0 Å². The zero-order valence-corrected chi connectivity index (χ0v) is 42.8. The third-order valence-corrected chi connectivity index (χ3v) is 12.9. The van der Waals surface area contributed by atoms with Gasteiger partial charge in [-0.25, -0.2) is 0 Å². The molecule has 0 aromatic rings. The minimum atomic E-state index is -0.672. The summed E-state index contributed by atoms with van der Waals surface area (Å²) in [7, 11) is 0. The topological polar surface area (TPSA) is 95.9 Å². The van der Waals surface area contributed by atoms with E-state index in [1.165, 1.54) is 199 Å². The Morgan fingerprint density at radius 1 is 0.438 bits per heavy atom. The minimum Gasteiger partial charge on any atom is -0.466 e. The number of aliphatic hydroxyl groups excluding tert-OH is 2. The fourth-order valence-corrected chi connectivity index (χ4v) is 8.55. The first-order valence-electron chi connectivity index (χ1n) is 28.2. The van der Waals surface area contributed by atoms with Crippen molar-refractivity contribution in [1.29, 1.82) is 0 Å². The summed E-state index contributed by atoms with van der Waals surface area (Å²) in [6, 6.07) is -0.550. The zero-order chi connectivity index (χ0) is 46.5. The van der Waals surface area contributed by atoms with Crippen LogP contribution in [0.3, 0.4) is 0 Å². The highest BCUT2D eigenvalue weighted by Crippen LogP contribution is 2.16. The summed E-state index contributed by atoms with van der Waals surface area (Å²) in [5.41, 5.74) is 0. The second kappa shape index (κ2) is 53.7. The molecule has 0 radical (unpaired) electrons. The molecule has 0 heterocycles. The molecule has 0 bridgehead atoms. The maximum absolute atomic E-state index is 12.4. The van der Waals surface area contributed by atoms with Crippen LogP contribution in [0.1, 0.15) is 296 Å². The Morgan fingerprint density at radius 3 is 1.23 bits per heavy atom. The second-order valence-electron chi connectivity index (χ2n) is 19.3. The molecule has 64 heavy (non-hydrogen) atoms. The van der Waals surface area contributed by atoms with Gasteiger partial charge in [-0.1, -0.05) is 237 Å². The number of rotatable bonds is 52. The molecule has 6 nitrogen and oxygen atoms in total. The Morgan fingerprint density at radius 2 is 0.781 bits per heavy atom. The van der Waals surface area contributed by atoms with E-state index in [1.807, 2.05) is 0 Å². The number of allylic oxidation sites excluding steroid dienone is 6. The number of amides is 1. The molecule has 0 aromatic carbocycles. The molecule has 0 spiro atoms. The van der Waals surface area contributed by atoms with Gasteiger partial charge >= 0.3 is 5.97 Å². The first-order chi connectivity index (χ1) is 31.5. The molecule has 376 valence electrons. The Kier molecular flexibility index (Phi) is 52.1. The average molecular weight is 901 g/mol. The van der Waals surface area contributed by atoms with E-state index in [4.69, 9.17) is 4.74 Å². The van der Waals surface area contributed by atoms with Crippen molar-refractivity contribution >= 4 is 11.9 Å². The lowest BCUT2D eigenvalue weighted by Crippen LogP contribution is -2.45. The molecule has 0 rings (SSSR count). The maximum Gasteiger partial charge on any atom is 0.305 e. The molecule has 0 saturated carbocycles. The minimum absolute atomic E-state index is 0.00979. The number of carbonyl (C=O) groups is 2. The molecular weight excluding hydrogens is 791 g/mol. The van der Waals surface area contributed by atoms with Crippen LogP contribution in [0.15, 0.2) is 36.5 Å². The van der Waals surface area contributed by atoms with Gasteiger partial charge in [0.1, 0.15) is 0 Å². The number of hydrogen-bond donors (Lipinski definition) is 3. The molecule has 0 saturated heterocycles. The number of aliphatic hydroxyl groups is 2. The third-order valence-electron chi connectivity index (χ3n) is 12.9. The van der Waals surface area contributed by atoms with Crippen molar-refractivity contribution in [3.8, 4) is 0 Å². The summed E-state index contributed by atoms with van der Waals surface area (Å²) >= 11 is 0. The summed E-state index contributed by atoms with van der Waals surface area (Å²) in [5.74, 6) is -0.0573. The van der Waals surface area contributed by atoms with Gasteiger partial charge in [0.05, 0.1) is 25.4 Å². The van der Waals surface area contributed by atoms with E-state index in [9.17, 15) is 19.8 Å². The van der Waals surface area contributed by atoms with E-state index < -0.39 is 12.1 Å². The highest BCUT2D eigenvalue weighted by Gasteiger charge is 2.20. The predicted octanol–water partition coefficient (Wildman–Crippen LogP) is 17.2. The number of carbonyl (C=O) groups excluding carboxylic acids is 2. The van der Waals surface area contributed by atoms with Gasteiger partial charge in [0.2, 0.25) is 5.91 Å². The van der Waals surface area contributed by atoms with Crippen molar-refractivity contribution in [2.45, 2.75) is 309 Å². The predicted molar refractivity (Wildman–Crippen MR) is 278 cm³/mol. The summed E-state index contributed by atoms with van der Waals surface area (Å²) in [4.78, 5) is 24.5. The van der Waals surface area contributed by atoms with E-state index >= 15 is 0 Å². The van der Waals surface area contributed by atoms with Crippen LogP contribution in [0.2, 0.25) is 0 Å². The van der Waals surface area contributed by atoms with Crippen LogP contribution in [0.5, 0.6) is 0 Å². The molecule has 0 aliphatic heterocycles. The Bertz CT molecular complexity index is 1040. The normalized spacial score (nSPS) is 12.9. The molecule has 0 aromatic heterocycles. The second-order valence-corrected chi connectivity index (χ2v) is 19.3. The van der Waals surface area contributed by atoms with E-state index in [2.05, 4.69) is 55.6 Å². The largest absolute Gasteiger partial charge is 0.466 e. The molecule has 0 fully saturated rings. The van der Waals surface area contributed by atoms with Crippen molar-refractivity contribution in [2.24, 2.45) is 0 Å². The highest BCUT2D eigenvalue weighted by molar-refractivity contribution is 5.76. The van der Waals surface area contributed by atoms with Gasteiger partial charge in [0.15, 0.2) is 0 Å². The van der Waals surface area contributed by atoms with Crippen LogP contribution in [0.25, 0.3) is 0 Å². The fraction of sp³-hybridized carbons (Fsp3) is 0.862. The molecule has 0 aliphatic rings. The van der Waals surface area contributed by atoms with Crippen molar-refractivity contribution in [2.75, 3.05) is 13.2 Å². The molecule has 1 amide bonds. The molecule has 2 unspecified atom stereocenters. The standard InChI is InChI=1S/C58H109NO5/c1-3-5-7-9-11-13-15-17-18-20-24-28-32-36-40-44-48-52-58(63)64-53-49-45-41-37-33-29-25-22-19-21-23-27-31-35-39-43-47-51-57(62)59-55(54-60)56(61)50-46-42-38-34-30-26-16-14-12-10-8-6-4-2/h11,13,17-19,22,55-56,60-61H,3-10,12,14-16,20-21,23-54H2,1-2H3,(H,59,62)/b13-11-,18-17-,22-19-. The lowest BCUT2D eigenvalue weighted by atomic mass is 10.0. The summed E-state index contributed by atoms with van der Waals surface area (Å²) in [5, 5.41) is 23.2. The van der Waals surface area contributed by atoms with Gasteiger partial charge in [0.25, 0.3) is 0 Å². The van der Waals surface area contributed by atoms with Crippen LogP contribution in [-0.4, -0.2) is 47.4 Å². The average Bonchev–Trinajstić information content (AvgIpc) is 3.29. The number of unbranched alkanes of at least 4 members (excludes halogenated alkanes) is 35. The Hall–Kier alpha value is -1.92. The zero-order valence-electron chi connectivity index (χ0n) is 42.8. The summed E-state index contributed by atoms with van der Waals surface area (Å²) < 4.78 is 5.47. The monoisotopic (exact) mass is 900 g/mol. The van der Waals surface area contributed by atoms with E-state index in [0.717, 1.165) is 64.2 Å². The van der Waals surface area contributed by atoms with E-state index in [1.54, 1.807) is 0 Å². The van der Waals surface area contributed by atoms with Crippen LogP contribution in [-0.2, 0) is 14.3 Å². The molecule has 2 atom stereocenters. The first kappa shape index (κ1) is 62.1. The number of hydrogen-bond acceptors (Lipinski definition) is 5. The maximum atomic E-state index is 12.4. The molecular formula is C58H109NO5. The van der Waals surface area contributed by atoms with Gasteiger partial charge in [0, 0.05) is 12.8 Å². The fourth-order valence-electron chi connectivity index (χ4n) is 8.55. The van der Waals surface area contributed by atoms with Crippen molar-refractivity contribution in [3.63, 3.8) is 0 Å². The quantitative estimate of drug-likeness (QED) is 0.0321. The first-order valence-corrected chi connectivity index (χ1v) is 28.2. The van der Waals surface area contributed by atoms with Gasteiger partial charge in [-0.05, 0) is 83.5 Å². The third kappa shape index (κ3) is 49.5.